The zero-order valence-corrected chi connectivity index (χ0v) is 10.5. The molecule has 0 aromatic rings. The first-order valence-corrected chi connectivity index (χ1v) is 5.68. The van der Waals surface area contributed by atoms with Crippen molar-refractivity contribution >= 4 is 5.91 Å². The van der Waals surface area contributed by atoms with E-state index in [-0.39, 0.29) is 24.5 Å². The van der Waals surface area contributed by atoms with Crippen molar-refractivity contribution in [1.29, 1.82) is 0 Å². The monoisotopic (exact) mass is 232 g/mol. The van der Waals surface area contributed by atoms with Crippen molar-refractivity contribution in [2.45, 2.75) is 32.7 Å². The van der Waals surface area contributed by atoms with E-state index in [1.807, 2.05) is 13.8 Å². The third kappa shape index (κ3) is 4.47. The first-order chi connectivity index (χ1) is 7.55. The van der Waals surface area contributed by atoms with Gasteiger partial charge in [-0.1, -0.05) is 13.8 Å². The Hall–Kier alpha value is -0.650. The summed E-state index contributed by atoms with van der Waals surface area (Å²) in [6, 6.07) is -0.643. The fourth-order valence-corrected chi connectivity index (χ4v) is 1.44. The molecule has 0 heterocycles. The summed E-state index contributed by atoms with van der Waals surface area (Å²) in [7, 11) is 1.50. The molecular formula is C11H24N2O3. The maximum atomic E-state index is 11.5. The van der Waals surface area contributed by atoms with E-state index < -0.39 is 6.04 Å². The number of ether oxygens (including phenoxy) is 1. The second-order valence-corrected chi connectivity index (χ2v) is 4.14. The van der Waals surface area contributed by atoms with Crippen LogP contribution in [0.15, 0.2) is 0 Å². The van der Waals surface area contributed by atoms with Crippen LogP contribution in [0.5, 0.6) is 0 Å². The van der Waals surface area contributed by atoms with E-state index in [2.05, 4.69) is 5.32 Å². The van der Waals surface area contributed by atoms with Crippen molar-refractivity contribution in [2.24, 2.45) is 11.1 Å². The molecule has 0 rings (SSSR count). The van der Waals surface area contributed by atoms with Crippen LogP contribution in [0.3, 0.4) is 0 Å². The minimum atomic E-state index is -0.643. The molecular weight excluding hydrogens is 208 g/mol. The quantitative estimate of drug-likeness (QED) is 0.544. The van der Waals surface area contributed by atoms with Crippen LogP contribution in [-0.4, -0.2) is 43.9 Å². The maximum Gasteiger partial charge on any atom is 0.239 e. The van der Waals surface area contributed by atoms with Gasteiger partial charge in [0.1, 0.15) is 6.04 Å². The third-order valence-electron chi connectivity index (χ3n) is 3.16. The van der Waals surface area contributed by atoms with Crippen molar-refractivity contribution in [3.05, 3.63) is 0 Å². The highest BCUT2D eigenvalue weighted by atomic mass is 16.5. The largest absolute Gasteiger partial charge is 0.396 e. The fraction of sp³-hybridized carbons (Fsp3) is 0.909. The molecule has 5 nitrogen and oxygen atoms in total. The molecule has 0 aliphatic rings. The van der Waals surface area contributed by atoms with Gasteiger partial charge in [0.2, 0.25) is 5.91 Å². The van der Waals surface area contributed by atoms with Gasteiger partial charge in [-0.3, -0.25) is 4.79 Å². The molecule has 0 aromatic carbocycles. The predicted molar refractivity (Wildman–Crippen MR) is 63.0 cm³/mol. The molecule has 1 amide bonds. The number of amides is 1. The molecule has 0 saturated carbocycles. The number of hydrogen-bond donors (Lipinski definition) is 3. The maximum absolute atomic E-state index is 11.5. The van der Waals surface area contributed by atoms with Gasteiger partial charge < -0.3 is 20.9 Å². The van der Waals surface area contributed by atoms with Crippen LogP contribution in [0.4, 0.5) is 0 Å². The zero-order valence-electron chi connectivity index (χ0n) is 10.5. The molecule has 0 spiro atoms. The van der Waals surface area contributed by atoms with E-state index in [0.717, 1.165) is 12.8 Å². The minimum absolute atomic E-state index is 0.0692. The summed E-state index contributed by atoms with van der Waals surface area (Å²) in [5.41, 5.74) is 5.35. The molecule has 0 bridgehead atoms. The lowest BCUT2D eigenvalue weighted by Gasteiger charge is -2.30. The average Bonchev–Trinajstić information content (AvgIpc) is 2.31. The van der Waals surface area contributed by atoms with E-state index in [0.29, 0.717) is 6.54 Å². The molecule has 1 atom stereocenters. The Morgan fingerprint density at radius 1 is 1.50 bits per heavy atom. The van der Waals surface area contributed by atoms with Gasteiger partial charge >= 0.3 is 0 Å². The van der Waals surface area contributed by atoms with E-state index in [1.54, 1.807) is 0 Å². The molecule has 16 heavy (non-hydrogen) atoms. The van der Waals surface area contributed by atoms with Crippen molar-refractivity contribution in [3.63, 3.8) is 0 Å². The summed E-state index contributed by atoms with van der Waals surface area (Å²) in [6.07, 6.45) is 1.64. The van der Waals surface area contributed by atoms with Gasteiger partial charge in [0.25, 0.3) is 0 Å². The number of methoxy groups -OCH3 is 1. The average molecular weight is 232 g/mol. The van der Waals surface area contributed by atoms with Crippen LogP contribution < -0.4 is 11.1 Å². The number of carbonyl (C=O) groups excluding carboxylic acids is 1. The Kier molecular flexibility index (Phi) is 7.29. The Morgan fingerprint density at radius 2 is 2.06 bits per heavy atom. The summed E-state index contributed by atoms with van der Waals surface area (Å²) >= 11 is 0. The first-order valence-electron chi connectivity index (χ1n) is 5.68. The lowest BCUT2D eigenvalue weighted by atomic mass is 9.83. The Labute approximate surface area is 97.3 Å². The zero-order chi connectivity index (χ0) is 12.6. The smallest absolute Gasteiger partial charge is 0.239 e. The van der Waals surface area contributed by atoms with E-state index in [1.165, 1.54) is 7.11 Å². The van der Waals surface area contributed by atoms with Gasteiger partial charge in [-0.2, -0.15) is 0 Å². The van der Waals surface area contributed by atoms with Crippen LogP contribution >= 0.6 is 0 Å². The number of hydrogen-bond acceptors (Lipinski definition) is 4. The lowest BCUT2D eigenvalue weighted by Crippen LogP contribution is -2.47. The van der Waals surface area contributed by atoms with Gasteiger partial charge in [-0.25, -0.2) is 0 Å². The normalized spacial score (nSPS) is 13.6. The molecule has 0 radical (unpaired) electrons. The lowest BCUT2D eigenvalue weighted by molar-refractivity contribution is -0.124. The highest BCUT2D eigenvalue weighted by molar-refractivity contribution is 5.81. The third-order valence-corrected chi connectivity index (χ3v) is 3.16. The van der Waals surface area contributed by atoms with Crippen molar-refractivity contribution in [3.8, 4) is 0 Å². The standard InChI is InChI=1S/C11H24N2O3/c1-4-11(5-2,8-14)7-13-10(15)9(12)6-16-3/h9,14H,4-8,12H2,1-3H3,(H,13,15). The predicted octanol–water partition coefficient (Wildman–Crippen LogP) is -0.125. The highest BCUT2D eigenvalue weighted by Gasteiger charge is 2.26. The van der Waals surface area contributed by atoms with Crippen LogP contribution in [0.2, 0.25) is 0 Å². The van der Waals surface area contributed by atoms with Gasteiger partial charge in [0.15, 0.2) is 0 Å². The number of aliphatic hydroxyl groups is 1. The van der Waals surface area contributed by atoms with Gasteiger partial charge in [-0.05, 0) is 12.8 Å². The summed E-state index contributed by atoms with van der Waals surface area (Å²) in [6.45, 7) is 4.73. The van der Waals surface area contributed by atoms with E-state index in [4.69, 9.17) is 10.5 Å². The number of carbonyl (C=O) groups is 1. The Balaban J connectivity index is 4.15. The molecule has 0 saturated heterocycles. The molecule has 0 aliphatic carbocycles. The fourth-order valence-electron chi connectivity index (χ4n) is 1.44. The molecule has 5 heteroatoms. The summed E-state index contributed by atoms with van der Waals surface area (Å²) in [5.74, 6) is -0.235. The topological polar surface area (TPSA) is 84.6 Å². The van der Waals surface area contributed by atoms with Crippen LogP contribution in [0, 0.1) is 5.41 Å². The Bertz CT molecular complexity index is 197. The molecule has 96 valence electrons. The number of aliphatic hydroxyl groups excluding tert-OH is 1. The van der Waals surface area contributed by atoms with Gasteiger partial charge in [-0.15, -0.1) is 0 Å². The van der Waals surface area contributed by atoms with Crippen molar-refractivity contribution < 1.29 is 14.6 Å². The number of rotatable bonds is 8. The molecule has 4 N–H and O–H groups in total. The molecule has 0 aromatic heterocycles. The minimum Gasteiger partial charge on any atom is -0.396 e. The van der Waals surface area contributed by atoms with Crippen LogP contribution in [0.1, 0.15) is 26.7 Å². The number of nitrogens with two attached hydrogens (primary N) is 1. The van der Waals surface area contributed by atoms with Crippen molar-refractivity contribution in [1.82, 2.24) is 5.32 Å². The van der Waals surface area contributed by atoms with Crippen LogP contribution in [0.25, 0.3) is 0 Å². The summed E-state index contributed by atoms with van der Waals surface area (Å²) < 4.78 is 4.80. The summed E-state index contributed by atoms with van der Waals surface area (Å²) in [4.78, 5) is 11.5. The summed E-state index contributed by atoms with van der Waals surface area (Å²) in [5, 5.41) is 12.1. The number of nitrogens with one attached hydrogen (secondary N) is 1. The van der Waals surface area contributed by atoms with Gasteiger partial charge in [0.05, 0.1) is 13.2 Å². The van der Waals surface area contributed by atoms with Crippen LogP contribution in [-0.2, 0) is 9.53 Å². The highest BCUT2D eigenvalue weighted by Crippen LogP contribution is 2.24. The molecule has 0 fully saturated rings. The first kappa shape index (κ1) is 15.3. The molecule has 1 unspecified atom stereocenters. The van der Waals surface area contributed by atoms with Crippen molar-refractivity contribution in [2.75, 3.05) is 26.9 Å². The van der Waals surface area contributed by atoms with Gasteiger partial charge in [0, 0.05) is 19.1 Å². The SMILES string of the molecule is CCC(CC)(CO)CNC(=O)C(N)COC. The molecule has 0 aliphatic heterocycles. The van der Waals surface area contributed by atoms with E-state index in [9.17, 15) is 9.90 Å². The Morgan fingerprint density at radius 3 is 2.44 bits per heavy atom. The second kappa shape index (κ2) is 7.60. The van der Waals surface area contributed by atoms with E-state index >= 15 is 0 Å². The second-order valence-electron chi connectivity index (χ2n) is 4.14.